The lowest BCUT2D eigenvalue weighted by Gasteiger charge is -2.28. The van der Waals surface area contributed by atoms with Crippen LogP contribution in [0.2, 0.25) is 0 Å². The Labute approximate surface area is 235 Å². The molecule has 4 rings (SSSR count). The second kappa shape index (κ2) is 11.2. The van der Waals surface area contributed by atoms with Crippen LogP contribution in [0.1, 0.15) is 63.8 Å². The lowest BCUT2D eigenvalue weighted by Crippen LogP contribution is -2.28. The quantitative estimate of drug-likeness (QED) is 0.193. The molecule has 7 heteroatoms. The van der Waals surface area contributed by atoms with Crippen LogP contribution in [0.5, 0.6) is 5.75 Å². The van der Waals surface area contributed by atoms with Gasteiger partial charge in [0.25, 0.3) is 0 Å². The van der Waals surface area contributed by atoms with Gasteiger partial charge in [-0.1, -0.05) is 89.2 Å². The van der Waals surface area contributed by atoms with Crippen molar-refractivity contribution in [1.82, 2.24) is 9.13 Å². The normalized spacial score (nSPS) is 12.4. The topological polar surface area (TPSA) is 75.5 Å². The summed E-state index contributed by atoms with van der Waals surface area (Å²) in [6.45, 7) is 13.5. The Morgan fingerprint density at radius 1 is 0.842 bits per heavy atom. The highest BCUT2D eigenvalue weighted by Crippen LogP contribution is 2.40. The highest BCUT2D eigenvalue weighted by molar-refractivity contribution is 8.93. The van der Waals surface area contributed by atoms with Crippen LogP contribution in [0.3, 0.4) is 0 Å². The van der Waals surface area contributed by atoms with E-state index in [4.69, 9.17) is 10.2 Å². The summed E-state index contributed by atoms with van der Waals surface area (Å²) >= 11 is 0. The van der Waals surface area contributed by atoms with Crippen LogP contribution in [0.15, 0.2) is 71.9 Å². The molecule has 38 heavy (non-hydrogen) atoms. The van der Waals surface area contributed by atoms with E-state index in [1.807, 2.05) is 57.7 Å². The smallest absolute Gasteiger partial charge is 0.203 e. The maximum absolute atomic E-state index is 11.2. The molecule has 0 amide bonds. The lowest BCUT2D eigenvalue weighted by molar-refractivity contribution is 0.212. The van der Waals surface area contributed by atoms with E-state index in [0.717, 1.165) is 33.3 Å². The Kier molecular flexibility index (Phi) is 8.62. The third-order valence-corrected chi connectivity index (χ3v) is 6.73. The van der Waals surface area contributed by atoms with Crippen molar-refractivity contribution in [3.8, 4) is 5.75 Å². The Hall–Kier alpha value is -3.32. The zero-order chi connectivity index (χ0) is 27.0. The second-order valence-electron chi connectivity index (χ2n) is 11.6. The van der Waals surface area contributed by atoms with Crippen LogP contribution >= 0.6 is 17.0 Å². The number of halogens is 1. The zero-order valence-electron chi connectivity index (χ0n) is 23.4. The summed E-state index contributed by atoms with van der Waals surface area (Å²) in [6.07, 6.45) is 0. The fraction of sp³-hybridized carbons (Fsp3) is 0.355. The Morgan fingerprint density at radius 2 is 1.34 bits per heavy atom. The molecular weight excluding hydrogens is 540 g/mol. The van der Waals surface area contributed by atoms with Gasteiger partial charge in [-0.2, -0.15) is 0 Å². The first-order valence-electron chi connectivity index (χ1n) is 12.7. The summed E-state index contributed by atoms with van der Waals surface area (Å²) < 4.78 is 3.99. The van der Waals surface area contributed by atoms with Gasteiger partial charge in [0.15, 0.2) is 0 Å². The molecule has 3 aromatic carbocycles. The van der Waals surface area contributed by atoms with Crippen molar-refractivity contribution in [2.75, 3.05) is 7.11 Å². The number of hydrogen-bond acceptors (Lipinski definition) is 4. The van der Waals surface area contributed by atoms with Crippen LogP contribution < -0.4 is 5.62 Å². The first-order chi connectivity index (χ1) is 17.4. The fourth-order valence-electron chi connectivity index (χ4n) is 4.76. The Bertz CT molecular complexity index is 1470. The molecule has 0 saturated carbocycles. The van der Waals surface area contributed by atoms with Gasteiger partial charge in [-0.05, 0) is 40.7 Å². The molecule has 0 aliphatic carbocycles. The highest BCUT2D eigenvalue weighted by atomic mass is 79.9. The monoisotopic (exact) mass is 578 g/mol. The maximum Gasteiger partial charge on any atom is 0.203 e. The summed E-state index contributed by atoms with van der Waals surface area (Å²) in [7, 11) is 1.54. The van der Waals surface area contributed by atoms with Crippen molar-refractivity contribution in [3.05, 3.63) is 94.6 Å². The van der Waals surface area contributed by atoms with E-state index in [0.29, 0.717) is 30.2 Å². The molecule has 202 valence electrons. The number of benzene rings is 3. The van der Waals surface area contributed by atoms with Gasteiger partial charge in [0.05, 0.1) is 24.1 Å². The molecule has 0 atom stereocenters. The summed E-state index contributed by atoms with van der Waals surface area (Å²) in [4.78, 5) is 5.31. The van der Waals surface area contributed by atoms with Crippen LogP contribution in [0.4, 0.5) is 0 Å². The number of para-hydroxylation sites is 2. The number of fused-ring (bicyclic) bond motifs is 1. The first-order valence-corrected chi connectivity index (χ1v) is 12.7. The Balaban J connectivity index is 0.00000400. The van der Waals surface area contributed by atoms with E-state index in [9.17, 15) is 5.11 Å². The SMILES string of the molecule is Br.CO/N=C(/Cn1c(=N)n(Cc2ccccc2)c2ccccc21)c1cc(C(C)(C)C)c(O)c(C(C)(C)C)c1. The molecule has 0 bridgehead atoms. The number of nitrogens with zero attached hydrogens (tertiary/aromatic N) is 3. The predicted molar refractivity (Wildman–Crippen MR) is 161 cm³/mol. The van der Waals surface area contributed by atoms with E-state index in [1.165, 1.54) is 0 Å². The number of aromatic hydroxyl groups is 1. The van der Waals surface area contributed by atoms with E-state index in [1.54, 1.807) is 7.11 Å². The minimum absolute atomic E-state index is 0. The van der Waals surface area contributed by atoms with E-state index in [2.05, 4.69) is 64.9 Å². The minimum atomic E-state index is -0.266. The lowest BCUT2D eigenvalue weighted by atomic mass is 9.78. The van der Waals surface area contributed by atoms with Crippen molar-refractivity contribution in [2.24, 2.45) is 5.16 Å². The fourth-order valence-corrected chi connectivity index (χ4v) is 4.76. The van der Waals surface area contributed by atoms with Crippen molar-refractivity contribution in [2.45, 2.75) is 65.5 Å². The van der Waals surface area contributed by atoms with Gasteiger partial charge in [0.2, 0.25) is 5.62 Å². The highest BCUT2D eigenvalue weighted by Gasteiger charge is 2.28. The van der Waals surface area contributed by atoms with Gasteiger partial charge in [-0.15, -0.1) is 17.0 Å². The van der Waals surface area contributed by atoms with Gasteiger partial charge in [0, 0.05) is 16.7 Å². The minimum Gasteiger partial charge on any atom is -0.507 e. The van der Waals surface area contributed by atoms with Crippen LogP contribution in [0.25, 0.3) is 11.0 Å². The number of oxime groups is 1. The molecule has 0 fully saturated rings. The summed E-state index contributed by atoms with van der Waals surface area (Å²) in [6, 6.07) is 22.3. The van der Waals surface area contributed by atoms with Gasteiger partial charge < -0.3 is 19.1 Å². The standard InChI is InChI=1S/C31H38N4O2.BrH/c1-30(2,3)23-17-22(18-24(28(23)36)31(4,5)6)25(33-37-7)20-35-27-16-12-11-15-26(27)34(29(35)32)19-21-13-9-8-10-14-21;/h8-18,32,36H,19-20H2,1-7H3;1H/b32-29?,33-25-;. The molecular formula is C31H39BrN4O2. The number of phenolic OH excluding ortho intramolecular Hbond substituents is 1. The van der Waals surface area contributed by atoms with Crippen molar-refractivity contribution < 1.29 is 9.94 Å². The second-order valence-corrected chi connectivity index (χ2v) is 11.6. The maximum atomic E-state index is 11.2. The molecule has 0 saturated heterocycles. The first kappa shape index (κ1) is 29.2. The molecule has 0 radical (unpaired) electrons. The van der Waals surface area contributed by atoms with E-state index in [-0.39, 0.29) is 27.8 Å². The van der Waals surface area contributed by atoms with Crippen molar-refractivity contribution in [1.29, 1.82) is 5.41 Å². The molecule has 0 aliphatic rings. The summed E-state index contributed by atoms with van der Waals surface area (Å²) in [5, 5.41) is 24.8. The van der Waals surface area contributed by atoms with Gasteiger partial charge in [0.1, 0.15) is 18.6 Å². The molecule has 0 unspecified atom stereocenters. The number of hydrogen-bond donors (Lipinski definition) is 2. The van der Waals surface area contributed by atoms with Crippen LogP contribution in [-0.4, -0.2) is 27.1 Å². The van der Waals surface area contributed by atoms with Gasteiger partial charge in [-0.25, -0.2) is 0 Å². The average Bonchev–Trinajstić information content (AvgIpc) is 3.09. The zero-order valence-corrected chi connectivity index (χ0v) is 25.1. The van der Waals surface area contributed by atoms with Gasteiger partial charge >= 0.3 is 0 Å². The molecule has 1 aromatic heterocycles. The molecule has 4 aromatic rings. The van der Waals surface area contributed by atoms with Crippen molar-refractivity contribution >= 4 is 33.7 Å². The van der Waals surface area contributed by atoms with Crippen LogP contribution in [-0.2, 0) is 28.8 Å². The number of nitrogens with one attached hydrogen (secondary N) is 1. The number of phenols is 1. The van der Waals surface area contributed by atoms with Crippen molar-refractivity contribution in [3.63, 3.8) is 0 Å². The molecule has 0 spiro atoms. The average molecular weight is 580 g/mol. The number of aromatic nitrogens is 2. The third kappa shape index (κ3) is 5.88. The third-order valence-electron chi connectivity index (χ3n) is 6.73. The number of imidazole rings is 1. The summed E-state index contributed by atoms with van der Waals surface area (Å²) in [5.74, 6) is 0.328. The van der Waals surface area contributed by atoms with Crippen LogP contribution in [0, 0.1) is 5.41 Å². The molecule has 1 heterocycles. The predicted octanol–water partition coefficient (Wildman–Crippen LogP) is 6.90. The van der Waals surface area contributed by atoms with E-state index >= 15 is 0 Å². The Morgan fingerprint density at radius 3 is 1.84 bits per heavy atom. The molecule has 0 aliphatic heterocycles. The van der Waals surface area contributed by atoms with Gasteiger partial charge in [-0.3, -0.25) is 5.41 Å². The number of rotatable bonds is 6. The molecule has 6 nitrogen and oxygen atoms in total. The largest absolute Gasteiger partial charge is 0.507 e. The molecule has 2 N–H and O–H groups in total. The summed E-state index contributed by atoms with van der Waals surface area (Å²) in [5.41, 5.74) is 6.24. The van der Waals surface area contributed by atoms with E-state index < -0.39 is 0 Å².